The van der Waals surface area contributed by atoms with Crippen molar-refractivity contribution in [2.75, 3.05) is 11.9 Å². The Hall–Kier alpha value is -2.45. The average molecular weight is 338 g/mol. The van der Waals surface area contributed by atoms with Gasteiger partial charge in [0.25, 0.3) is 0 Å². The van der Waals surface area contributed by atoms with Gasteiger partial charge >= 0.3 is 0 Å². The van der Waals surface area contributed by atoms with E-state index in [2.05, 4.69) is 29.6 Å². The molecule has 0 aliphatic heterocycles. The Balaban J connectivity index is 1.50. The van der Waals surface area contributed by atoms with Crippen molar-refractivity contribution in [3.05, 3.63) is 95.0 Å². The van der Waals surface area contributed by atoms with Crippen LogP contribution >= 0.6 is 11.6 Å². The number of halogens is 1. The van der Waals surface area contributed by atoms with E-state index in [4.69, 9.17) is 16.3 Å². The summed E-state index contributed by atoms with van der Waals surface area (Å²) >= 11 is 5.89. The number of hydrogen-bond acceptors (Lipinski definition) is 2. The van der Waals surface area contributed by atoms with Crippen LogP contribution in [-0.4, -0.2) is 6.54 Å². The number of ether oxygens (including phenoxy) is 1. The summed E-state index contributed by atoms with van der Waals surface area (Å²) in [6.07, 6.45) is 0.936. The highest BCUT2D eigenvalue weighted by molar-refractivity contribution is 6.30. The summed E-state index contributed by atoms with van der Waals surface area (Å²) in [5.41, 5.74) is 3.50. The Labute approximate surface area is 148 Å². The van der Waals surface area contributed by atoms with Gasteiger partial charge in [0.2, 0.25) is 0 Å². The van der Waals surface area contributed by atoms with E-state index in [-0.39, 0.29) is 0 Å². The van der Waals surface area contributed by atoms with E-state index in [1.54, 1.807) is 0 Å². The van der Waals surface area contributed by atoms with Crippen LogP contribution < -0.4 is 10.1 Å². The van der Waals surface area contributed by atoms with E-state index >= 15 is 0 Å². The molecule has 0 aromatic heterocycles. The molecule has 1 N–H and O–H groups in total. The predicted molar refractivity (Wildman–Crippen MR) is 101 cm³/mol. The third-order valence-electron chi connectivity index (χ3n) is 3.73. The summed E-state index contributed by atoms with van der Waals surface area (Å²) in [7, 11) is 0. The van der Waals surface area contributed by atoms with Gasteiger partial charge < -0.3 is 10.1 Å². The molecule has 0 radical (unpaired) electrons. The number of rotatable bonds is 7. The fourth-order valence-corrected chi connectivity index (χ4v) is 2.58. The van der Waals surface area contributed by atoms with Crippen LogP contribution in [-0.2, 0) is 13.0 Å². The Kier molecular flexibility index (Phi) is 5.75. The minimum atomic E-state index is 0.591. The van der Waals surface area contributed by atoms with Crippen molar-refractivity contribution in [2.24, 2.45) is 0 Å². The Morgan fingerprint density at radius 2 is 1.54 bits per heavy atom. The first-order chi connectivity index (χ1) is 11.8. The standard InChI is InChI=1S/C21H20ClNO/c22-19-9-11-20(12-10-19)23-14-13-17-7-4-8-21(15-17)24-16-18-5-2-1-3-6-18/h1-12,15,23H,13-14,16H2. The lowest BCUT2D eigenvalue weighted by atomic mass is 10.1. The van der Waals surface area contributed by atoms with Crippen LogP contribution in [0.25, 0.3) is 0 Å². The molecule has 0 fully saturated rings. The summed E-state index contributed by atoms with van der Waals surface area (Å²) in [6, 6.07) is 26.2. The van der Waals surface area contributed by atoms with E-state index in [1.807, 2.05) is 54.6 Å². The number of benzene rings is 3. The molecule has 0 spiro atoms. The predicted octanol–water partition coefficient (Wildman–Crippen LogP) is 5.57. The average Bonchev–Trinajstić information content (AvgIpc) is 2.63. The fourth-order valence-electron chi connectivity index (χ4n) is 2.45. The summed E-state index contributed by atoms with van der Waals surface area (Å²) < 4.78 is 5.88. The molecule has 3 aromatic carbocycles. The molecular weight excluding hydrogens is 318 g/mol. The quantitative estimate of drug-likeness (QED) is 0.608. The van der Waals surface area contributed by atoms with Gasteiger partial charge in [-0.1, -0.05) is 54.1 Å². The van der Waals surface area contributed by atoms with Gasteiger partial charge in [0.15, 0.2) is 0 Å². The monoisotopic (exact) mass is 337 g/mol. The van der Waals surface area contributed by atoms with Gasteiger partial charge in [-0.05, 0) is 53.9 Å². The van der Waals surface area contributed by atoms with Crippen LogP contribution in [0.3, 0.4) is 0 Å². The SMILES string of the molecule is Clc1ccc(NCCc2cccc(OCc3ccccc3)c2)cc1. The van der Waals surface area contributed by atoms with Gasteiger partial charge in [0, 0.05) is 17.3 Å². The van der Waals surface area contributed by atoms with Crippen molar-refractivity contribution in [3.8, 4) is 5.75 Å². The zero-order valence-corrected chi connectivity index (χ0v) is 14.2. The van der Waals surface area contributed by atoms with Crippen molar-refractivity contribution in [1.29, 1.82) is 0 Å². The molecule has 24 heavy (non-hydrogen) atoms. The zero-order valence-electron chi connectivity index (χ0n) is 13.4. The first kappa shape index (κ1) is 16.4. The second-order valence-corrected chi connectivity index (χ2v) is 6.04. The highest BCUT2D eigenvalue weighted by Gasteiger charge is 1.99. The maximum absolute atomic E-state index is 5.89. The molecule has 122 valence electrons. The van der Waals surface area contributed by atoms with Gasteiger partial charge in [-0.25, -0.2) is 0 Å². The molecular formula is C21H20ClNO. The first-order valence-corrected chi connectivity index (χ1v) is 8.42. The molecule has 0 aliphatic carbocycles. The van der Waals surface area contributed by atoms with Crippen LogP contribution in [0.1, 0.15) is 11.1 Å². The highest BCUT2D eigenvalue weighted by Crippen LogP contribution is 2.17. The number of hydrogen-bond donors (Lipinski definition) is 1. The molecule has 3 aromatic rings. The molecule has 0 heterocycles. The third-order valence-corrected chi connectivity index (χ3v) is 3.99. The van der Waals surface area contributed by atoms with E-state index in [0.29, 0.717) is 6.61 Å². The lowest BCUT2D eigenvalue weighted by Gasteiger charge is -2.09. The van der Waals surface area contributed by atoms with Crippen molar-refractivity contribution >= 4 is 17.3 Å². The molecule has 0 bridgehead atoms. The van der Waals surface area contributed by atoms with Crippen LogP contribution in [0.2, 0.25) is 5.02 Å². The second kappa shape index (κ2) is 8.42. The molecule has 0 saturated heterocycles. The number of anilines is 1. The summed E-state index contributed by atoms with van der Waals surface area (Å²) in [5.74, 6) is 0.905. The molecule has 0 aliphatic rings. The van der Waals surface area contributed by atoms with Crippen LogP contribution in [0, 0.1) is 0 Å². The number of nitrogens with one attached hydrogen (secondary N) is 1. The summed E-state index contributed by atoms with van der Waals surface area (Å²) in [5, 5.41) is 4.15. The Bertz CT molecular complexity index is 756. The van der Waals surface area contributed by atoms with Crippen molar-refractivity contribution in [3.63, 3.8) is 0 Å². The van der Waals surface area contributed by atoms with E-state index in [1.165, 1.54) is 11.1 Å². The first-order valence-electron chi connectivity index (χ1n) is 8.05. The van der Waals surface area contributed by atoms with Gasteiger partial charge in [-0.15, -0.1) is 0 Å². The van der Waals surface area contributed by atoms with Crippen molar-refractivity contribution < 1.29 is 4.74 Å². The lowest BCUT2D eigenvalue weighted by Crippen LogP contribution is -2.05. The molecule has 3 heteroatoms. The van der Waals surface area contributed by atoms with Crippen LogP contribution in [0.5, 0.6) is 5.75 Å². The molecule has 0 unspecified atom stereocenters. The van der Waals surface area contributed by atoms with Crippen molar-refractivity contribution in [1.82, 2.24) is 0 Å². The minimum absolute atomic E-state index is 0.591. The summed E-state index contributed by atoms with van der Waals surface area (Å²) in [6.45, 7) is 1.46. The van der Waals surface area contributed by atoms with Crippen LogP contribution in [0.4, 0.5) is 5.69 Å². The molecule has 0 saturated carbocycles. The van der Waals surface area contributed by atoms with Gasteiger partial charge in [-0.2, -0.15) is 0 Å². The van der Waals surface area contributed by atoms with Gasteiger partial charge in [-0.3, -0.25) is 0 Å². The molecule has 0 atom stereocenters. The van der Waals surface area contributed by atoms with Crippen molar-refractivity contribution in [2.45, 2.75) is 13.0 Å². The van der Waals surface area contributed by atoms with Gasteiger partial charge in [0.1, 0.15) is 12.4 Å². The zero-order chi connectivity index (χ0) is 16.6. The van der Waals surface area contributed by atoms with Crippen LogP contribution in [0.15, 0.2) is 78.9 Å². The molecule has 2 nitrogen and oxygen atoms in total. The fraction of sp³-hybridized carbons (Fsp3) is 0.143. The topological polar surface area (TPSA) is 21.3 Å². The largest absolute Gasteiger partial charge is 0.489 e. The smallest absolute Gasteiger partial charge is 0.120 e. The van der Waals surface area contributed by atoms with Gasteiger partial charge in [0.05, 0.1) is 0 Å². The third kappa shape index (κ3) is 5.04. The lowest BCUT2D eigenvalue weighted by molar-refractivity contribution is 0.306. The van der Waals surface area contributed by atoms with E-state index in [0.717, 1.165) is 29.4 Å². The Morgan fingerprint density at radius 3 is 2.33 bits per heavy atom. The normalized spacial score (nSPS) is 10.4. The Morgan fingerprint density at radius 1 is 0.792 bits per heavy atom. The second-order valence-electron chi connectivity index (χ2n) is 5.61. The highest BCUT2D eigenvalue weighted by atomic mass is 35.5. The summed E-state index contributed by atoms with van der Waals surface area (Å²) in [4.78, 5) is 0. The minimum Gasteiger partial charge on any atom is -0.489 e. The molecule has 0 amide bonds. The van der Waals surface area contributed by atoms with E-state index in [9.17, 15) is 0 Å². The van der Waals surface area contributed by atoms with E-state index < -0.39 is 0 Å². The molecule has 3 rings (SSSR count). The maximum Gasteiger partial charge on any atom is 0.120 e. The maximum atomic E-state index is 5.89.